The molecular weight excluding hydrogens is 220 g/mol. The van der Waals surface area contributed by atoms with Gasteiger partial charge >= 0.3 is 0 Å². The Labute approximate surface area is 90.2 Å². The van der Waals surface area contributed by atoms with Crippen LogP contribution in [0.1, 0.15) is 0 Å². The number of thiophene rings is 1. The number of phenols is 1. The second-order valence-electron chi connectivity index (χ2n) is 2.61. The first-order valence-electron chi connectivity index (χ1n) is 3.70. The molecule has 68 valence electrons. The van der Waals surface area contributed by atoms with E-state index in [0.29, 0.717) is 5.75 Å². The zero-order valence-electron chi connectivity index (χ0n) is 6.94. The minimum absolute atomic E-state index is 0.323. The van der Waals surface area contributed by atoms with Gasteiger partial charge in [0.2, 0.25) is 0 Å². The first-order valence-corrected chi connectivity index (χ1v) is 6.25. The smallest absolute Gasteiger partial charge is 0.130 e. The number of thiol groups is 1. The number of aromatic hydroxyl groups is 1. The van der Waals surface area contributed by atoms with Crippen molar-refractivity contribution < 1.29 is 5.11 Å². The number of thioether (sulfide) groups is 1. The number of fused-ring (bicyclic) bond motifs is 1. The van der Waals surface area contributed by atoms with Crippen LogP contribution in [-0.2, 0) is 0 Å². The van der Waals surface area contributed by atoms with Gasteiger partial charge in [-0.1, -0.05) is 0 Å². The van der Waals surface area contributed by atoms with Gasteiger partial charge in [-0.25, -0.2) is 0 Å². The molecule has 0 amide bonds. The summed E-state index contributed by atoms with van der Waals surface area (Å²) in [5.74, 6) is 0.323. The first-order chi connectivity index (χ1) is 6.24. The van der Waals surface area contributed by atoms with Crippen molar-refractivity contribution in [2.75, 3.05) is 6.26 Å². The summed E-state index contributed by atoms with van der Waals surface area (Å²) >= 11 is 7.53. The van der Waals surface area contributed by atoms with E-state index in [-0.39, 0.29) is 0 Å². The van der Waals surface area contributed by atoms with Gasteiger partial charge in [-0.3, -0.25) is 0 Å². The maximum atomic E-state index is 9.64. The Bertz CT molecular complexity index is 447. The van der Waals surface area contributed by atoms with E-state index in [2.05, 4.69) is 12.6 Å². The average Bonchev–Trinajstić information content (AvgIpc) is 2.53. The van der Waals surface area contributed by atoms with E-state index in [1.54, 1.807) is 29.2 Å². The molecule has 1 nitrogen and oxygen atoms in total. The minimum Gasteiger partial charge on any atom is -0.507 e. The van der Waals surface area contributed by atoms with Crippen molar-refractivity contribution in [3.05, 3.63) is 17.5 Å². The lowest BCUT2D eigenvalue weighted by Gasteiger charge is -2.04. The molecule has 2 rings (SSSR count). The van der Waals surface area contributed by atoms with E-state index in [9.17, 15) is 5.11 Å². The molecule has 0 bridgehead atoms. The summed E-state index contributed by atoms with van der Waals surface area (Å²) < 4.78 is 1.14. The van der Waals surface area contributed by atoms with Crippen LogP contribution in [0.4, 0.5) is 0 Å². The van der Waals surface area contributed by atoms with Crippen LogP contribution >= 0.6 is 35.7 Å². The lowest BCUT2D eigenvalue weighted by molar-refractivity contribution is 0.463. The van der Waals surface area contributed by atoms with Gasteiger partial charge in [0.15, 0.2) is 0 Å². The van der Waals surface area contributed by atoms with Crippen molar-refractivity contribution in [2.24, 2.45) is 0 Å². The van der Waals surface area contributed by atoms with E-state index in [1.807, 2.05) is 17.7 Å². The Morgan fingerprint density at radius 3 is 3.00 bits per heavy atom. The molecule has 1 N–H and O–H groups in total. The molecule has 0 aliphatic heterocycles. The summed E-state index contributed by atoms with van der Waals surface area (Å²) in [4.78, 5) is 1.79. The van der Waals surface area contributed by atoms with E-state index in [1.165, 1.54) is 0 Å². The predicted octanol–water partition coefficient (Wildman–Crippen LogP) is 3.62. The van der Waals surface area contributed by atoms with E-state index in [0.717, 1.165) is 19.9 Å². The molecule has 13 heavy (non-hydrogen) atoms. The number of hydrogen-bond donors (Lipinski definition) is 2. The lowest BCUT2D eigenvalue weighted by atomic mass is 10.2. The highest BCUT2D eigenvalue weighted by molar-refractivity contribution is 7.99. The molecule has 0 fully saturated rings. The highest BCUT2D eigenvalue weighted by Gasteiger charge is 2.09. The molecule has 1 aromatic carbocycles. The SMILES string of the molecule is CSc1c(O)cc(S)c2sccc12. The number of hydrogen-bond acceptors (Lipinski definition) is 4. The maximum absolute atomic E-state index is 9.64. The third kappa shape index (κ3) is 1.43. The zero-order valence-corrected chi connectivity index (χ0v) is 9.47. The Balaban J connectivity index is 2.88. The molecule has 0 spiro atoms. The summed E-state index contributed by atoms with van der Waals surface area (Å²) in [7, 11) is 0. The molecule has 0 saturated heterocycles. The molecular formula is C9H8OS3. The Kier molecular flexibility index (Phi) is 2.45. The Hall–Kier alpha value is -0.320. The van der Waals surface area contributed by atoms with Crippen molar-refractivity contribution in [3.63, 3.8) is 0 Å². The van der Waals surface area contributed by atoms with Gasteiger partial charge in [-0.15, -0.1) is 35.7 Å². The van der Waals surface area contributed by atoms with Gasteiger partial charge in [-0.2, -0.15) is 0 Å². The quantitative estimate of drug-likeness (QED) is 0.574. The Morgan fingerprint density at radius 2 is 2.31 bits per heavy atom. The summed E-state index contributed by atoms with van der Waals surface area (Å²) in [5, 5.41) is 12.8. The highest BCUT2D eigenvalue weighted by Crippen LogP contribution is 2.40. The number of phenolic OH excluding ortho intramolecular Hbond substituents is 1. The largest absolute Gasteiger partial charge is 0.507 e. The second kappa shape index (κ2) is 3.44. The highest BCUT2D eigenvalue weighted by atomic mass is 32.2. The monoisotopic (exact) mass is 228 g/mol. The van der Waals surface area contributed by atoms with E-state index < -0.39 is 0 Å². The van der Waals surface area contributed by atoms with Crippen LogP contribution in [0.3, 0.4) is 0 Å². The van der Waals surface area contributed by atoms with Gasteiger partial charge in [0.05, 0.1) is 4.90 Å². The summed E-state index contributed by atoms with van der Waals surface area (Å²) in [6.07, 6.45) is 1.96. The fourth-order valence-electron chi connectivity index (χ4n) is 1.30. The molecule has 0 atom stereocenters. The van der Waals surface area contributed by atoms with Crippen LogP contribution in [0.25, 0.3) is 10.1 Å². The molecule has 0 saturated carbocycles. The van der Waals surface area contributed by atoms with Crippen molar-refractivity contribution in [1.29, 1.82) is 0 Å². The predicted molar refractivity (Wildman–Crippen MR) is 62.5 cm³/mol. The third-order valence-corrected chi connectivity index (χ3v) is 4.14. The molecule has 0 aliphatic rings. The average molecular weight is 228 g/mol. The van der Waals surface area contributed by atoms with Crippen LogP contribution in [0, 0.1) is 0 Å². The summed E-state index contributed by atoms with van der Waals surface area (Å²) in [5.41, 5.74) is 0. The molecule has 4 heteroatoms. The standard InChI is InChI=1S/C9H8OS3/c1-12-8-5-2-3-13-9(5)7(11)4-6(8)10/h2-4,10-11H,1H3. The normalized spacial score (nSPS) is 10.9. The fraction of sp³-hybridized carbons (Fsp3) is 0.111. The van der Waals surface area contributed by atoms with Crippen LogP contribution in [0.2, 0.25) is 0 Å². The van der Waals surface area contributed by atoms with Crippen LogP contribution in [-0.4, -0.2) is 11.4 Å². The lowest BCUT2D eigenvalue weighted by Crippen LogP contribution is -1.75. The molecule has 2 aromatic rings. The van der Waals surface area contributed by atoms with E-state index in [4.69, 9.17) is 0 Å². The van der Waals surface area contributed by atoms with Gasteiger partial charge in [0.1, 0.15) is 5.75 Å². The van der Waals surface area contributed by atoms with Gasteiger partial charge in [0.25, 0.3) is 0 Å². The second-order valence-corrected chi connectivity index (χ2v) is 4.83. The number of rotatable bonds is 1. The summed E-state index contributed by atoms with van der Waals surface area (Å²) in [6.45, 7) is 0. The van der Waals surface area contributed by atoms with Crippen molar-refractivity contribution >= 4 is 45.8 Å². The van der Waals surface area contributed by atoms with E-state index >= 15 is 0 Å². The summed E-state index contributed by atoms with van der Waals surface area (Å²) in [6, 6.07) is 3.72. The van der Waals surface area contributed by atoms with Gasteiger partial charge in [0, 0.05) is 15.0 Å². The zero-order chi connectivity index (χ0) is 9.42. The van der Waals surface area contributed by atoms with Crippen LogP contribution in [0.15, 0.2) is 27.3 Å². The maximum Gasteiger partial charge on any atom is 0.130 e. The van der Waals surface area contributed by atoms with Crippen molar-refractivity contribution in [2.45, 2.75) is 9.79 Å². The van der Waals surface area contributed by atoms with Crippen LogP contribution in [0.5, 0.6) is 5.75 Å². The van der Waals surface area contributed by atoms with Crippen molar-refractivity contribution in [3.8, 4) is 5.75 Å². The first kappa shape index (κ1) is 9.24. The molecule has 0 radical (unpaired) electrons. The molecule has 0 aliphatic carbocycles. The van der Waals surface area contributed by atoms with Gasteiger partial charge < -0.3 is 5.11 Å². The minimum atomic E-state index is 0.323. The Morgan fingerprint density at radius 1 is 1.54 bits per heavy atom. The molecule has 1 aromatic heterocycles. The molecule has 0 unspecified atom stereocenters. The third-order valence-electron chi connectivity index (χ3n) is 1.85. The fourth-order valence-corrected chi connectivity index (χ4v) is 3.24. The number of benzene rings is 1. The topological polar surface area (TPSA) is 20.2 Å². The van der Waals surface area contributed by atoms with Gasteiger partial charge in [-0.05, 0) is 23.8 Å². The van der Waals surface area contributed by atoms with Crippen molar-refractivity contribution in [1.82, 2.24) is 0 Å². The van der Waals surface area contributed by atoms with Crippen LogP contribution < -0.4 is 0 Å². The molecule has 1 heterocycles.